The molecule has 0 aliphatic heterocycles. The number of carbonyl (C=O) groups is 1. The molecule has 0 fully saturated rings. The quantitative estimate of drug-likeness (QED) is 0.500. The number of nitrogens with zero attached hydrogens (tertiary/aromatic N) is 1. The number of hydrogen-bond donors (Lipinski definition) is 3. The van der Waals surface area contributed by atoms with Crippen molar-refractivity contribution in [3.05, 3.63) is 83.6 Å². The molecule has 4 N–H and O–H groups in total. The normalized spacial score (nSPS) is 10.9. The van der Waals surface area contributed by atoms with Crippen LogP contribution in [0, 0.1) is 6.92 Å². The molecule has 1 amide bonds. The Morgan fingerprint density at radius 1 is 1.04 bits per heavy atom. The Kier molecular flexibility index (Phi) is 4.34. The molecule has 0 unspecified atom stereocenters. The molecule has 2 aromatic carbocycles. The molecule has 4 rings (SSSR count). The minimum Gasteiger partial charge on any atom is -0.366 e. The minimum atomic E-state index is -0.445. The lowest BCUT2D eigenvalue weighted by Gasteiger charge is -2.09. The average molecular weight is 356 g/mol. The molecule has 0 aliphatic rings. The Balaban J connectivity index is 1.74. The van der Waals surface area contributed by atoms with E-state index in [-0.39, 0.29) is 0 Å². The van der Waals surface area contributed by atoms with Crippen molar-refractivity contribution in [1.29, 1.82) is 0 Å². The van der Waals surface area contributed by atoms with E-state index in [2.05, 4.69) is 22.4 Å². The molecule has 27 heavy (non-hydrogen) atoms. The summed E-state index contributed by atoms with van der Waals surface area (Å²) in [4.78, 5) is 20.0. The number of benzene rings is 2. The van der Waals surface area contributed by atoms with Gasteiger partial charge in [0, 0.05) is 34.3 Å². The van der Waals surface area contributed by atoms with Gasteiger partial charge in [-0.3, -0.25) is 4.79 Å². The third-order valence-corrected chi connectivity index (χ3v) is 4.60. The molecular formula is C22H20N4O. The van der Waals surface area contributed by atoms with Crippen molar-refractivity contribution >= 4 is 22.6 Å². The number of nitrogens with two attached hydrogens (primary N) is 1. The van der Waals surface area contributed by atoms with Crippen LogP contribution in [-0.2, 0) is 6.54 Å². The Labute approximate surface area is 157 Å². The summed E-state index contributed by atoms with van der Waals surface area (Å²) in [5.74, 6) is 0.334. The molecule has 0 aliphatic carbocycles. The Hall–Kier alpha value is -3.60. The van der Waals surface area contributed by atoms with Gasteiger partial charge in [-0.1, -0.05) is 42.5 Å². The number of rotatable bonds is 5. The van der Waals surface area contributed by atoms with E-state index in [1.807, 2.05) is 55.5 Å². The van der Waals surface area contributed by atoms with Crippen LogP contribution in [-0.4, -0.2) is 15.9 Å². The molecule has 0 saturated heterocycles. The molecule has 5 heteroatoms. The maximum Gasteiger partial charge on any atom is 0.249 e. The van der Waals surface area contributed by atoms with Crippen LogP contribution in [0.3, 0.4) is 0 Å². The van der Waals surface area contributed by atoms with Gasteiger partial charge >= 0.3 is 0 Å². The summed E-state index contributed by atoms with van der Waals surface area (Å²) in [6.45, 7) is 2.67. The fraction of sp³-hybridized carbons (Fsp3) is 0.0909. The number of anilines is 1. The maximum absolute atomic E-state index is 11.9. The van der Waals surface area contributed by atoms with E-state index < -0.39 is 5.91 Å². The van der Waals surface area contributed by atoms with Crippen molar-refractivity contribution in [2.24, 2.45) is 5.73 Å². The van der Waals surface area contributed by atoms with E-state index in [0.29, 0.717) is 12.1 Å². The Morgan fingerprint density at radius 3 is 2.59 bits per heavy atom. The molecular weight excluding hydrogens is 336 g/mol. The second-order valence-electron chi connectivity index (χ2n) is 6.46. The van der Waals surface area contributed by atoms with Gasteiger partial charge in [-0.05, 0) is 36.8 Å². The smallest absolute Gasteiger partial charge is 0.249 e. The predicted molar refractivity (Wildman–Crippen MR) is 109 cm³/mol. The highest BCUT2D eigenvalue weighted by molar-refractivity contribution is 6.11. The Morgan fingerprint density at radius 2 is 1.81 bits per heavy atom. The highest BCUT2D eigenvalue weighted by Gasteiger charge is 2.17. The van der Waals surface area contributed by atoms with Crippen LogP contribution in [0.1, 0.15) is 21.6 Å². The zero-order valence-electron chi connectivity index (χ0n) is 15.0. The number of aromatic amines is 1. The summed E-state index contributed by atoms with van der Waals surface area (Å²) < 4.78 is 0. The zero-order valence-corrected chi connectivity index (χ0v) is 15.0. The van der Waals surface area contributed by atoms with Crippen LogP contribution in [0.5, 0.6) is 0 Å². The van der Waals surface area contributed by atoms with E-state index in [0.717, 1.165) is 33.7 Å². The molecule has 4 aromatic rings. The second-order valence-corrected chi connectivity index (χ2v) is 6.46. The second kappa shape index (κ2) is 6.96. The topological polar surface area (TPSA) is 83.8 Å². The number of nitrogens with one attached hydrogen (secondary N) is 2. The summed E-state index contributed by atoms with van der Waals surface area (Å²) in [6, 6.07) is 21.5. The van der Waals surface area contributed by atoms with E-state index in [1.54, 1.807) is 6.07 Å². The van der Waals surface area contributed by atoms with Crippen molar-refractivity contribution in [3.63, 3.8) is 0 Å². The SMILES string of the molecule is Cc1[nH]c2cccc(C(N)=O)c2c1-c1cccc(NCc2ccccc2)n1. The number of primary amides is 1. The van der Waals surface area contributed by atoms with Gasteiger partial charge in [-0.25, -0.2) is 4.98 Å². The number of pyridine rings is 1. The number of fused-ring (bicyclic) bond motifs is 1. The van der Waals surface area contributed by atoms with E-state index in [1.165, 1.54) is 5.56 Å². The average Bonchev–Trinajstić information content (AvgIpc) is 3.03. The number of H-pyrrole nitrogens is 1. The molecule has 0 saturated carbocycles. The van der Waals surface area contributed by atoms with E-state index in [4.69, 9.17) is 10.7 Å². The third kappa shape index (κ3) is 3.27. The first kappa shape index (κ1) is 16.8. The molecule has 2 heterocycles. The summed E-state index contributed by atoms with van der Waals surface area (Å²) in [5, 5.41) is 4.17. The van der Waals surface area contributed by atoms with Gasteiger partial charge < -0.3 is 16.0 Å². The Bertz CT molecular complexity index is 1120. The van der Waals surface area contributed by atoms with E-state index in [9.17, 15) is 4.79 Å². The van der Waals surface area contributed by atoms with Crippen molar-refractivity contribution in [2.75, 3.05) is 5.32 Å². The molecule has 2 aromatic heterocycles. The molecule has 0 radical (unpaired) electrons. The first-order chi connectivity index (χ1) is 13.1. The first-order valence-corrected chi connectivity index (χ1v) is 8.80. The van der Waals surface area contributed by atoms with Crippen LogP contribution in [0.15, 0.2) is 66.7 Å². The number of hydrogen-bond acceptors (Lipinski definition) is 3. The van der Waals surface area contributed by atoms with Gasteiger partial charge in [0.2, 0.25) is 5.91 Å². The van der Waals surface area contributed by atoms with Gasteiger partial charge in [-0.15, -0.1) is 0 Å². The van der Waals surface area contributed by atoms with Crippen molar-refractivity contribution in [2.45, 2.75) is 13.5 Å². The van der Waals surface area contributed by atoms with Crippen LogP contribution in [0.25, 0.3) is 22.2 Å². The van der Waals surface area contributed by atoms with Crippen LogP contribution in [0.2, 0.25) is 0 Å². The fourth-order valence-corrected chi connectivity index (χ4v) is 3.36. The largest absolute Gasteiger partial charge is 0.366 e. The highest BCUT2D eigenvalue weighted by Crippen LogP contribution is 2.33. The predicted octanol–water partition coefficient (Wildman–Crippen LogP) is 4.25. The van der Waals surface area contributed by atoms with Gasteiger partial charge in [0.15, 0.2) is 0 Å². The number of aromatic nitrogens is 2. The first-order valence-electron chi connectivity index (χ1n) is 8.80. The summed E-state index contributed by atoms with van der Waals surface area (Å²) in [6.07, 6.45) is 0. The zero-order chi connectivity index (χ0) is 18.8. The van der Waals surface area contributed by atoms with Crippen LogP contribution in [0.4, 0.5) is 5.82 Å². The fourth-order valence-electron chi connectivity index (χ4n) is 3.36. The van der Waals surface area contributed by atoms with Gasteiger partial charge in [0.25, 0.3) is 0 Å². The van der Waals surface area contributed by atoms with E-state index >= 15 is 0 Å². The van der Waals surface area contributed by atoms with Gasteiger partial charge in [-0.2, -0.15) is 0 Å². The summed E-state index contributed by atoms with van der Waals surface area (Å²) in [5.41, 5.74) is 10.8. The molecule has 134 valence electrons. The number of carbonyl (C=O) groups excluding carboxylic acids is 1. The third-order valence-electron chi connectivity index (χ3n) is 4.60. The lowest BCUT2D eigenvalue weighted by Crippen LogP contribution is -2.11. The highest BCUT2D eigenvalue weighted by atomic mass is 16.1. The van der Waals surface area contributed by atoms with Crippen molar-refractivity contribution in [1.82, 2.24) is 9.97 Å². The van der Waals surface area contributed by atoms with Crippen molar-refractivity contribution < 1.29 is 4.79 Å². The lowest BCUT2D eigenvalue weighted by atomic mass is 10.0. The lowest BCUT2D eigenvalue weighted by molar-refractivity contribution is 0.100. The summed E-state index contributed by atoms with van der Waals surface area (Å²) in [7, 11) is 0. The maximum atomic E-state index is 11.9. The van der Waals surface area contributed by atoms with Crippen LogP contribution < -0.4 is 11.1 Å². The molecule has 0 atom stereocenters. The molecule has 0 bridgehead atoms. The van der Waals surface area contributed by atoms with Gasteiger partial charge in [0.1, 0.15) is 5.82 Å². The molecule has 0 spiro atoms. The number of amides is 1. The van der Waals surface area contributed by atoms with Crippen LogP contribution >= 0.6 is 0 Å². The molecule has 5 nitrogen and oxygen atoms in total. The van der Waals surface area contributed by atoms with Crippen molar-refractivity contribution in [3.8, 4) is 11.3 Å². The monoisotopic (exact) mass is 356 g/mol. The summed E-state index contributed by atoms with van der Waals surface area (Å²) >= 11 is 0. The van der Waals surface area contributed by atoms with Gasteiger partial charge in [0.05, 0.1) is 5.69 Å². The standard InChI is InChI=1S/C22H20N4O/c1-14-20(21-16(22(23)27)9-5-10-18(21)25-14)17-11-6-12-19(26-17)24-13-15-7-3-2-4-8-15/h2-12,25H,13H2,1H3,(H2,23,27)(H,24,26). The minimum absolute atomic E-state index is 0.445. The number of aryl methyl sites for hydroxylation is 1.